The number of thiazole rings is 1. The summed E-state index contributed by atoms with van der Waals surface area (Å²) < 4.78 is 5.54. The first-order valence-corrected chi connectivity index (χ1v) is 7.36. The molecule has 1 fully saturated rings. The second-order valence-electron chi connectivity index (χ2n) is 5.16. The Kier molecular flexibility index (Phi) is 3.25. The number of aromatic carboxylic acids is 1. The minimum absolute atomic E-state index is 0.338. The Morgan fingerprint density at radius 1 is 1.55 bits per heavy atom. The largest absolute Gasteiger partial charge is 0.477 e. The van der Waals surface area contributed by atoms with E-state index in [9.17, 15) is 9.90 Å². The lowest BCUT2D eigenvalue weighted by Crippen LogP contribution is -2.15. The molecule has 1 saturated carbocycles. The SMILES string of the molecule is Cc1ccc(CN(C)c2nc(C3CC3)c(C(=O)O)s2)o1. The van der Waals surface area contributed by atoms with Gasteiger partial charge < -0.3 is 14.4 Å². The van der Waals surface area contributed by atoms with Crippen molar-refractivity contribution in [3.05, 3.63) is 34.2 Å². The fraction of sp³-hybridized carbons (Fsp3) is 0.429. The molecule has 0 aliphatic heterocycles. The molecule has 2 heterocycles. The summed E-state index contributed by atoms with van der Waals surface area (Å²) in [5.41, 5.74) is 0.750. The minimum Gasteiger partial charge on any atom is -0.477 e. The summed E-state index contributed by atoms with van der Waals surface area (Å²) >= 11 is 1.24. The van der Waals surface area contributed by atoms with Crippen LogP contribution in [-0.4, -0.2) is 23.1 Å². The monoisotopic (exact) mass is 292 g/mol. The van der Waals surface area contributed by atoms with Gasteiger partial charge in [-0.25, -0.2) is 9.78 Å². The van der Waals surface area contributed by atoms with Gasteiger partial charge in [-0.1, -0.05) is 11.3 Å². The average Bonchev–Trinajstić information content (AvgIpc) is 3.00. The smallest absolute Gasteiger partial charge is 0.347 e. The first-order valence-electron chi connectivity index (χ1n) is 6.55. The molecule has 3 rings (SSSR count). The molecular weight excluding hydrogens is 276 g/mol. The van der Waals surface area contributed by atoms with E-state index < -0.39 is 5.97 Å². The number of furan rings is 1. The third-order valence-electron chi connectivity index (χ3n) is 3.32. The van der Waals surface area contributed by atoms with Crippen molar-refractivity contribution in [2.75, 3.05) is 11.9 Å². The van der Waals surface area contributed by atoms with Crippen LogP contribution in [0.5, 0.6) is 0 Å². The Bertz CT molecular complexity index is 643. The van der Waals surface area contributed by atoms with Gasteiger partial charge in [-0.2, -0.15) is 0 Å². The molecule has 0 atom stereocenters. The molecule has 0 amide bonds. The van der Waals surface area contributed by atoms with Crippen molar-refractivity contribution in [3.8, 4) is 0 Å². The highest BCUT2D eigenvalue weighted by Gasteiger charge is 2.32. The molecule has 6 heteroatoms. The molecule has 1 aliphatic carbocycles. The number of rotatable bonds is 5. The van der Waals surface area contributed by atoms with Crippen LogP contribution in [0.3, 0.4) is 0 Å². The zero-order valence-corrected chi connectivity index (χ0v) is 12.2. The van der Waals surface area contributed by atoms with Gasteiger partial charge in [-0.15, -0.1) is 0 Å². The first-order chi connectivity index (χ1) is 9.54. The van der Waals surface area contributed by atoms with E-state index in [4.69, 9.17) is 4.42 Å². The molecule has 0 aromatic carbocycles. The fourth-order valence-electron chi connectivity index (χ4n) is 2.14. The maximum absolute atomic E-state index is 11.3. The van der Waals surface area contributed by atoms with Crippen LogP contribution in [0.15, 0.2) is 16.5 Å². The lowest BCUT2D eigenvalue weighted by Gasteiger charge is -2.13. The summed E-state index contributed by atoms with van der Waals surface area (Å²) in [5.74, 6) is 1.19. The highest BCUT2D eigenvalue weighted by molar-refractivity contribution is 7.17. The van der Waals surface area contributed by atoms with Gasteiger partial charge in [0, 0.05) is 13.0 Å². The lowest BCUT2D eigenvalue weighted by atomic mass is 10.2. The number of hydrogen-bond donors (Lipinski definition) is 1. The Balaban J connectivity index is 1.82. The first kappa shape index (κ1) is 13.2. The van der Waals surface area contributed by atoms with E-state index in [2.05, 4.69) is 4.98 Å². The number of anilines is 1. The number of aromatic nitrogens is 1. The van der Waals surface area contributed by atoms with Gasteiger partial charge in [0.25, 0.3) is 0 Å². The number of aryl methyl sites for hydroxylation is 1. The van der Waals surface area contributed by atoms with Crippen molar-refractivity contribution in [3.63, 3.8) is 0 Å². The third kappa shape index (κ3) is 2.56. The van der Waals surface area contributed by atoms with Gasteiger partial charge in [0.1, 0.15) is 16.4 Å². The van der Waals surface area contributed by atoms with E-state index in [0.29, 0.717) is 17.3 Å². The number of carboxylic acid groups (broad SMARTS) is 1. The van der Waals surface area contributed by atoms with Crippen LogP contribution < -0.4 is 4.90 Å². The van der Waals surface area contributed by atoms with Crippen LogP contribution >= 0.6 is 11.3 Å². The average molecular weight is 292 g/mol. The maximum atomic E-state index is 11.3. The quantitative estimate of drug-likeness (QED) is 0.916. The second kappa shape index (κ2) is 4.94. The van der Waals surface area contributed by atoms with Crippen LogP contribution in [0.1, 0.15) is 45.6 Å². The molecule has 1 N–H and O–H groups in total. The van der Waals surface area contributed by atoms with Gasteiger partial charge in [0.05, 0.1) is 12.2 Å². The summed E-state index contributed by atoms with van der Waals surface area (Å²) in [6, 6.07) is 3.85. The van der Waals surface area contributed by atoms with Gasteiger partial charge in [-0.05, 0) is 31.9 Å². The number of carboxylic acids is 1. The Labute approximate surface area is 120 Å². The molecule has 20 heavy (non-hydrogen) atoms. The Hall–Kier alpha value is -1.82. The Morgan fingerprint density at radius 3 is 2.85 bits per heavy atom. The fourth-order valence-corrected chi connectivity index (χ4v) is 3.09. The number of nitrogens with zero attached hydrogens (tertiary/aromatic N) is 2. The number of carbonyl (C=O) groups is 1. The zero-order chi connectivity index (χ0) is 14.3. The molecular formula is C14H16N2O3S. The van der Waals surface area contributed by atoms with Gasteiger partial charge in [0.2, 0.25) is 0 Å². The minimum atomic E-state index is -0.877. The molecule has 106 valence electrons. The van der Waals surface area contributed by atoms with Gasteiger partial charge in [0.15, 0.2) is 5.13 Å². The van der Waals surface area contributed by atoms with Crippen molar-refractivity contribution in [1.82, 2.24) is 4.98 Å². The van der Waals surface area contributed by atoms with Crippen molar-refractivity contribution >= 4 is 22.4 Å². The molecule has 0 saturated heterocycles. The Morgan fingerprint density at radius 2 is 2.30 bits per heavy atom. The maximum Gasteiger partial charge on any atom is 0.347 e. The lowest BCUT2D eigenvalue weighted by molar-refractivity contribution is 0.0700. The van der Waals surface area contributed by atoms with Crippen LogP contribution in [0, 0.1) is 6.92 Å². The highest BCUT2D eigenvalue weighted by atomic mass is 32.1. The molecule has 0 radical (unpaired) electrons. The van der Waals surface area contributed by atoms with Crippen LogP contribution in [-0.2, 0) is 6.54 Å². The summed E-state index contributed by atoms with van der Waals surface area (Å²) in [6.45, 7) is 2.49. The predicted octanol–water partition coefficient (Wildman–Crippen LogP) is 3.26. The van der Waals surface area contributed by atoms with Crippen LogP contribution in [0.2, 0.25) is 0 Å². The van der Waals surface area contributed by atoms with E-state index in [1.807, 2.05) is 31.0 Å². The standard InChI is InChI=1S/C14H16N2O3S/c1-8-3-6-10(19-8)7-16(2)14-15-11(9-4-5-9)12(20-14)13(17)18/h3,6,9H,4-5,7H2,1-2H3,(H,17,18). The predicted molar refractivity (Wildman–Crippen MR) is 76.6 cm³/mol. The van der Waals surface area contributed by atoms with E-state index >= 15 is 0 Å². The molecule has 2 aromatic rings. The van der Waals surface area contributed by atoms with E-state index in [0.717, 1.165) is 35.2 Å². The summed E-state index contributed by atoms with van der Waals surface area (Å²) in [7, 11) is 1.90. The number of hydrogen-bond acceptors (Lipinski definition) is 5. The van der Waals surface area contributed by atoms with Crippen molar-refractivity contribution in [2.24, 2.45) is 0 Å². The molecule has 0 bridgehead atoms. The highest BCUT2D eigenvalue weighted by Crippen LogP contribution is 2.44. The summed E-state index contributed by atoms with van der Waals surface area (Å²) in [4.78, 5) is 18.1. The third-order valence-corrected chi connectivity index (χ3v) is 4.49. The van der Waals surface area contributed by atoms with E-state index in [1.54, 1.807) is 0 Å². The molecule has 1 aliphatic rings. The van der Waals surface area contributed by atoms with Crippen LogP contribution in [0.4, 0.5) is 5.13 Å². The second-order valence-corrected chi connectivity index (χ2v) is 6.14. The molecule has 0 unspecified atom stereocenters. The van der Waals surface area contributed by atoms with Gasteiger partial charge >= 0.3 is 5.97 Å². The van der Waals surface area contributed by atoms with Crippen molar-refractivity contribution < 1.29 is 14.3 Å². The zero-order valence-electron chi connectivity index (χ0n) is 11.4. The van der Waals surface area contributed by atoms with Gasteiger partial charge in [-0.3, -0.25) is 0 Å². The molecule has 2 aromatic heterocycles. The normalized spacial score (nSPS) is 14.5. The summed E-state index contributed by atoms with van der Waals surface area (Å²) in [6.07, 6.45) is 2.09. The molecule has 0 spiro atoms. The van der Waals surface area contributed by atoms with E-state index in [1.165, 1.54) is 11.3 Å². The topological polar surface area (TPSA) is 66.6 Å². The van der Waals surface area contributed by atoms with E-state index in [-0.39, 0.29) is 0 Å². The van der Waals surface area contributed by atoms with Crippen molar-refractivity contribution in [2.45, 2.75) is 32.2 Å². The summed E-state index contributed by atoms with van der Waals surface area (Å²) in [5, 5.41) is 10.00. The van der Waals surface area contributed by atoms with Crippen LogP contribution in [0.25, 0.3) is 0 Å². The van der Waals surface area contributed by atoms with Crippen molar-refractivity contribution in [1.29, 1.82) is 0 Å². The molecule has 5 nitrogen and oxygen atoms in total.